The minimum atomic E-state index is -0.973. The highest BCUT2D eigenvalue weighted by Crippen LogP contribution is 2.30. The lowest BCUT2D eigenvalue weighted by Gasteiger charge is -2.31. The van der Waals surface area contributed by atoms with Gasteiger partial charge in [0.2, 0.25) is 0 Å². The van der Waals surface area contributed by atoms with Crippen LogP contribution in [0, 0.1) is 12.8 Å². The lowest BCUT2D eigenvalue weighted by atomic mass is 9.83. The van der Waals surface area contributed by atoms with Gasteiger partial charge in [-0.05, 0) is 36.6 Å². The minimum absolute atomic E-state index is 0.0679. The van der Waals surface area contributed by atoms with Crippen LogP contribution in [-0.2, 0) is 5.60 Å². The van der Waals surface area contributed by atoms with Gasteiger partial charge in [0.1, 0.15) is 5.60 Å². The molecule has 0 aliphatic carbocycles. The first kappa shape index (κ1) is 13.0. The van der Waals surface area contributed by atoms with Crippen molar-refractivity contribution in [1.29, 1.82) is 0 Å². The van der Waals surface area contributed by atoms with Crippen LogP contribution < -0.4 is 5.73 Å². The molecule has 1 aromatic heterocycles. The Labute approximate surface area is 108 Å². The van der Waals surface area contributed by atoms with Gasteiger partial charge in [0.25, 0.3) is 0 Å². The molecule has 0 amide bonds. The van der Waals surface area contributed by atoms with E-state index in [9.17, 15) is 5.11 Å². The number of aryl methyl sites for hydroxylation is 1. The van der Waals surface area contributed by atoms with Gasteiger partial charge in [-0.15, -0.1) is 0 Å². The summed E-state index contributed by atoms with van der Waals surface area (Å²) in [7, 11) is 0. The van der Waals surface area contributed by atoms with Crippen LogP contribution in [0.1, 0.15) is 25.1 Å². The molecule has 0 spiro atoms. The third kappa shape index (κ3) is 2.11. The van der Waals surface area contributed by atoms with E-state index in [4.69, 9.17) is 5.73 Å². The first-order valence-electron chi connectivity index (χ1n) is 6.27. The smallest absolute Gasteiger partial charge is 0.104 e. The molecule has 2 rings (SSSR count). The van der Waals surface area contributed by atoms with Crippen molar-refractivity contribution < 1.29 is 5.11 Å². The molecule has 0 saturated carbocycles. The van der Waals surface area contributed by atoms with Crippen LogP contribution in [-0.4, -0.2) is 16.6 Å². The van der Waals surface area contributed by atoms with Gasteiger partial charge in [0, 0.05) is 17.6 Å². The molecule has 96 valence electrons. The normalized spacial score (nSPS) is 15.0. The molecule has 0 aliphatic rings. The van der Waals surface area contributed by atoms with Crippen LogP contribution in [0.3, 0.4) is 0 Å². The predicted molar refractivity (Wildman–Crippen MR) is 74.3 cm³/mol. The molecule has 1 aromatic carbocycles. The van der Waals surface area contributed by atoms with E-state index in [-0.39, 0.29) is 12.5 Å². The molecule has 3 heteroatoms. The van der Waals surface area contributed by atoms with Crippen LogP contribution in [0.4, 0.5) is 0 Å². The van der Waals surface area contributed by atoms with Gasteiger partial charge in [0.15, 0.2) is 0 Å². The van der Waals surface area contributed by atoms with E-state index in [1.165, 1.54) is 0 Å². The molecule has 1 heterocycles. The number of hydrogen-bond donors (Lipinski definition) is 2. The summed E-state index contributed by atoms with van der Waals surface area (Å²) in [4.78, 5) is 4.46. The van der Waals surface area contributed by atoms with E-state index in [2.05, 4.69) is 4.98 Å². The first-order valence-corrected chi connectivity index (χ1v) is 6.27. The van der Waals surface area contributed by atoms with Gasteiger partial charge in [-0.25, -0.2) is 0 Å². The molecule has 3 N–H and O–H groups in total. The van der Waals surface area contributed by atoms with E-state index in [0.717, 1.165) is 22.2 Å². The number of pyridine rings is 1. The zero-order valence-electron chi connectivity index (χ0n) is 11.1. The van der Waals surface area contributed by atoms with E-state index in [1.807, 2.05) is 51.1 Å². The maximum atomic E-state index is 10.6. The Morgan fingerprint density at radius 3 is 2.61 bits per heavy atom. The second-order valence-electron chi connectivity index (χ2n) is 5.14. The monoisotopic (exact) mass is 244 g/mol. The van der Waals surface area contributed by atoms with Crippen molar-refractivity contribution in [3.8, 4) is 0 Å². The third-order valence-corrected chi connectivity index (χ3v) is 3.59. The second-order valence-corrected chi connectivity index (χ2v) is 5.14. The molecule has 3 nitrogen and oxygen atoms in total. The quantitative estimate of drug-likeness (QED) is 0.871. The standard InChI is InChI=1S/C15H20N2O/c1-10(2)15(18,9-16)13-6-7-14-12(8-13)5-4-11(3)17-14/h4-8,10,18H,9,16H2,1-3H3. The van der Waals surface area contributed by atoms with Crippen LogP contribution in [0.25, 0.3) is 10.9 Å². The van der Waals surface area contributed by atoms with Crippen molar-refractivity contribution in [1.82, 2.24) is 4.98 Å². The van der Waals surface area contributed by atoms with Crippen LogP contribution in [0.2, 0.25) is 0 Å². The SMILES string of the molecule is Cc1ccc2cc(C(O)(CN)C(C)C)ccc2n1. The highest BCUT2D eigenvalue weighted by atomic mass is 16.3. The van der Waals surface area contributed by atoms with E-state index in [0.29, 0.717) is 0 Å². The zero-order chi connectivity index (χ0) is 13.3. The summed E-state index contributed by atoms with van der Waals surface area (Å²) in [6.45, 7) is 6.14. The fourth-order valence-electron chi connectivity index (χ4n) is 2.18. The Morgan fingerprint density at radius 2 is 2.00 bits per heavy atom. The van der Waals surface area contributed by atoms with Crippen molar-refractivity contribution in [3.05, 3.63) is 41.6 Å². The van der Waals surface area contributed by atoms with Crippen LogP contribution in [0.5, 0.6) is 0 Å². The van der Waals surface area contributed by atoms with Crippen molar-refractivity contribution in [3.63, 3.8) is 0 Å². The largest absolute Gasteiger partial charge is 0.384 e. The molecule has 0 bridgehead atoms. The lowest BCUT2D eigenvalue weighted by Crippen LogP contribution is -2.39. The molecule has 1 atom stereocenters. The summed E-state index contributed by atoms with van der Waals surface area (Å²) in [6, 6.07) is 9.85. The summed E-state index contributed by atoms with van der Waals surface area (Å²) in [5.74, 6) is 0.0679. The minimum Gasteiger partial charge on any atom is -0.384 e. The molecule has 0 saturated heterocycles. The van der Waals surface area contributed by atoms with Crippen molar-refractivity contribution in [2.75, 3.05) is 6.54 Å². The lowest BCUT2D eigenvalue weighted by molar-refractivity contribution is -0.00102. The van der Waals surface area contributed by atoms with Crippen molar-refractivity contribution in [2.45, 2.75) is 26.4 Å². The summed E-state index contributed by atoms with van der Waals surface area (Å²) in [5.41, 5.74) is 7.57. The van der Waals surface area contributed by atoms with E-state index >= 15 is 0 Å². The van der Waals surface area contributed by atoms with Crippen molar-refractivity contribution in [2.24, 2.45) is 11.7 Å². The van der Waals surface area contributed by atoms with Crippen molar-refractivity contribution >= 4 is 10.9 Å². The molecule has 0 radical (unpaired) electrons. The fraction of sp³-hybridized carbons (Fsp3) is 0.400. The van der Waals surface area contributed by atoms with Crippen LogP contribution in [0.15, 0.2) is 30.3 Å². The fourth-order valence-corrected chi connectivity index (χ4v) is 2.18. The number of nitrogens with two attached hydrogens (primary N) is 1. The van der Waals surface area contributed by atoms with Crippen LogP contribution >= 0.6 is 0 Å². The van der Waals surface area contributed by atoms with E-state index in [1.54, 1.807) is 0 Å². The Morgan fingerprint density at radius 1 is 1.28 bits per heavy atom. The summed E-state index contributed by atoms with van der Waals surface area (Å²) >= 11 is 0. The first-order chi connectivity index (χ1) is 8.47. The van der Waals surface area contributed by atoms with Gasteiger partial charge in [-0.2, -0.15) is 0 Å². The second kappa shape index (κ2) is 4.67. The highest BCUT2D eigenvalue weighted by Gasteiger charge is 2.31. The summed E-state index contributed by atoms with van der Waals surface area (Å²) in [6.07, 6.45) is 0. The van der Waals surface area contributed by atoms with Gasteiger partial charge >= 0.3 is 0 Å². The molecular formula is C15H20N2O. The average Bonchev–Trinajstić information content (AvgIpc) is 2.36. The van der Waals surface area contributed by atoms with Gasteiger partial charge in [0.05, 0.1) is 5.52 Å². The molecular weight excluding hydrogens is 224 g/mol. The number of aliphatic hydroxyl groups is 1. The summed E-state index contributed by atoms with van der Waals surface area (Å²) < 4.78 is 0. The zero-order valence-corrected chi connectivity index (χ0v) is 11.1. The number of hydrogen-bond acceptors (Lipinski definition) is 3. The predicted octanol–water partition coefficient (Wildman–Crippen LogP) is 2.35. The third-order valence-electron chi connectivity index (χ3n) is 3.59. The molecule has 1 unspecified atom stereocenters. The maximum absolute atomic E-state index is 10.6. The Kier molecular flexibility index (Phi) is 3.37. The number of rotatable bonds is 3. The Hall–Kier alpha value is -1.45. The summed E-state index contributed by atoms with van der Waals surface area (Å²) in [5, 5.41) is 11.7. The molecule has 18 heavy (non-hydrogen) atoms. The van der Waals surface area contributed by atoms with Gasteiger partial charge in [-0.1, -0.05) is 26.0 Å². The number of aromatic nitrogens is 1. The van der Waals surface area contributed by atoms with E-state index < -0.39 is 5.60 Å². The molecule has 2 aromatic rings. The average molecular weight is 244 g/mol. The molecule has 0 fully saturated rings. The Bertz CT molecular complexity index is 565. The Balaban J connectivity index is 2.56. The maximum Gasteiger partial charge on any atom is 0.104 e. The van der Waals surface area contributed by atoms with Gasteiger partial charge in [-0.3, -0.25) is 4.98 Å². The highest BCUT2D eigenvalue weighted by molar-refractivity contribution is 5.79. The van der Waals surface area contributed by atoms with Gasteiger partial charge < -0.3 is 10.8 Å². The number of nitrogens with zero attached hydrogens (tertiary/aromatic N) is 1. The topological polar surface area (TPSA) is 59.1 Å². The molecule has 0 aliphatic heterocycles. The number of benzene rings is 1. The number of fused-ring (bicyclic) bond motifs is 1.